The Morgan fingerprint density at radius 3 is 2.92 bits per heavy atom. The van der Waals surface area contributed by atoms with E-state index < -0.39 is 0 Å². The zero-order valence-electron chi connectivity index (χ0n) is 7.80. The summed E-state index contributed by atoms with van der Waals surface area (Å²) in [7, 11) is 0. The molecule has 0 saturated heterocycles. The molecule has 1 aliphatic heterocycles. The normalized spacial score (nSPS) is 23.9. The molecule has 4 heteroatoms. The highest BCUT2D eigenvalue weighted by atomic mass is 32.2. The van der Waals surface area contributed by atoms with Crippen molar-refractivity contribution in [3.05, 3.63) is 0 Å². The maximum absolute atomic E-state index is 11.7. The standard InChI is InChI=1S/C9H14N2OS/c1-2-9(3-4-9)7(12)11-8-10-5-6-13-8/h2-6H2,1H3,(H,10,11,12). The van der Waals surface area contributed by atoms with Gasteiger partial charge in [0.1, 0.15) is 0 Å². The Bertz CT molecular complexity index is 258. The predicted molar refractivity (Wildman–Crippen MR) is 54.9 cm³/mol. The van der Waals surface area contributed by atoms with Crippen molar-refractivity contribution in [1.82, 2.24) is 5.32 Å². The van der Waals surface area contributed by atoms with Gasteiger partial charge in [0.2, 0.25) is 5.91 Å². The maximum Gasteiger partial charge on any atom is 0.232 e. The molecule has 1 saturated carbocycles. The van der Waals surface area contributed by atoms with Gasteiger partial charge in [-0.15, -0.1) is 0 Å². The first kappa shape index (κ1) is 9.06. The number of hydrogen-bond donors (Lipinski definition) is 1. The van der Waals surface area contributed by atoms with Crippen LogP contribution in [0.2, 0.25) is 0 Å². The molecule has 1 amide bonds. The second-order valence-corrected chi connectivity index (χ2v) is 4.71. The van der Waals surface area contributed by atoms with E-state index >= 15 is 0 Å². The first-order valence-electron chi connectivity index (χ1n) is 4.75. The lowest BCUT2D eigenvalue weighted by Gasteiger charge is -2.11. The smallest absolute Gasteiger partial charge is 0.232 e. The number of rotatable bonds is 2. The van der Waals surface area contributed by atoms with E-state index in [1.54, 1.807) is 11.8 Å². The first-order valence-corrected chi connectivity index (χ1v) is 5.74. The third-order valence-electron chi connectivity index (χ3n) is 2.82. The van der Waals surface area contributed by atoms with Gasteiger partial charge in [-0.25, -0.2) is 0 Å². The van der Waals surface area contributed by atoms with Gasteiger partial charge < -0.3 is 5.32 Å². The quantitative estimate of drug-likeness (QED) is 0.728. The van der Waals surface area contributed by atoms with Crippen LogP contribution in [0.1, 0.15) is 26.2 Å². The van der Waals surface area contributed by atoms with E-state index in [0.29, 0.717) is 0 Å². The van der Waals surface area contributed by atoms with Crippen LogP contribution in [0.5, 0.6) is 0 Å². The highest BCUT2D eigenvalue weighted by molar-refractivity contribution is 8.14. The number of thioether (sulfide) groups is 1. The van der Waals surface area contributed by atoms with E-state index in [-0.39, 0.29) is 11.3 Å². The van der Waals surface area contributed by atoms with Crippen molar-refractivity contribution in [2.75, 3.05) is 12.3 Å². The lowest BCUT2D eigenvalue weighted by molar-refractivity contribution is -0.124. The topological polar surface area (TPSA) is 41.5 Å². The fourth-order valence-corrected chi connectivity index (χ4v) is 2.26. The minimum atomic E-state index is -0.0360. The molecule has 0 atom stereocenters. The molecule has 0 radical (unpaired) electrons. The molecule has 2 aliphatic rings. The van der Waals surface area contributed by atoms with Crippen LogP contribution in [-0.2, 0) is 4.79 Å². The van der Waals surface area contributed by atoms with Gasteiger partial charge in [0.05, 0.1) is 6.54 Å². The van der Waals surface area contributed by atoms with E-state index in [2.05, 4.69) is 17.2 Å². The zero-order chi connectivity index (χ0) is 9.31. The number of carbonyl (C=O) groups excluding carboxylic acids is 1. The highest BCUT2D eigenvalue weighted by Crippen LogP contribution is 2.48. The number of hydrogen-bond acceptors (Lipinski definition) is 3. The molecule has 1 heterocycles. The van der Waals surface area contributed by atoms with Gasteiger partial charge in [0.15, 0.2) is 5.17 Å². The summed E-state index contributed by atoms with van der Waals surface area (Å²) in [5.74, 6) is 1.19. The number of nitrogens with one attached hydrogen (secondary N) is 1. The molecule has 0 aromatic carbocycles. The molecular weight excluding hydrogens is 184 g/mol. The summed E-state index contributed by atoms with van der Waals surface area (Å²) in [4.78, 5) is 15.9. The summed E-state index contributed by atoms with van der Waals surface area (Å²) in [5, 5.41) is 3.73. The van der Waals surface area contributed by atoms with Crippen LogP contribution in [0.15, 0.2) is 4.99 Å². The van der Waals surface area contributed by atoms with Crippen LogP contribution in [0.3, 0.4) is 0 Å². The van der Waals surface area contributed by atoms with E-state index in [1.165, 1.54) is 0 Å². The summed E-state index contributed by atoms with van der Waals surface area (Å²) in [6.07, 6.45) is 3.05. The molecule has 0 aromatic heterocycles. The fourth-order valence-electron chi connectivity index (χ4n) is 1.53. The summed E-state index contributed by atoms with van der Waals surface area (Å²) < 4.78 is 0. The molecule has 0 bridgehead atoms. The van der Waals surface area contributed by atoms with Crippen LogP contribution < -0.4 is 5.32 Å². The van der Waals surface area contributed by atoms with Gasteiger partial charge in [0, 0.05) is 11.2 Å². The Labute approximate surface area is 82.4 Å². The third-order valence-corrected chi connectivity index (χ3v) is 3.71. The van der Waals surface area contributed by atoms with Crippen molar-refractivity contribution in [2.45, 2.75) is 26.2 Å². The van der Waals surface area contributed by atoms with Crippen molar-refractivity contribution >= 4 is 22.8 Å². The fraction of sp³-hybridized carbons (Fsp3) is 0.778. The van der Waals surface area contributed by atoms with Crippen LogP contribution >= 0.6 is 11.8 Å². The van der Waals surface area contributed by atoms with Gasteiger partial charge in [-0.3, -0.25) is 9.79 Å². The average Bonchev–Trinajstić information content (AvgIpc) is 2.79. The Hall–Kier alpha value is -0.510. The van der Waals surface area contributed by atoms with Gasteiger partial charge in [-0.2, -0.15) is 0 Å². The molecule has 0 spiro atoms. The maximum atomic E-state index is 11.7. The number of aliphatic imine (C=N–C) groups is 1. The molecular formula is C9H14N2OS. The third kappa shape index (κ3) is 1.73. The number of nitrogens with zero attached hydrogens (tertiary/aromatic N) is 1. The molecule has 13 heavy (non-hydrogen) atoms. The Morgan fingerprint density at radius 1 is 1.69 bits per heavy atom. The summed E-state index contributed by atoms with van der Waals surface area (Å²) in [6.45, 7) is 2.93. The Kier molecular flexibility index (Phi) is 2.32. The van der Waals surface area contributed by atoms with Crippen molar-refractivity contribution in [1.29, 1.82) is 0 Å². The monoisotopic (exact) mass is 198 g/mol. The summed E-state index contributed by atoms with van der Waals surface area (Å²) in [5.41, 5.74) is -0.0360. The Morgan fingerprint density at radius 2 is 2.46 bits per heavy atom. The van der Waals surface area contributed by atoms with Gasteiger partial charge in [0.25, 0.3) is 0 Å². The molecule has 1 aliphatic carbocycles. The van der Waals surface area contributed by atoms with Crippen LogP contribution in [-0.4, -0.2) is 23.4 Å². The number of carbonyl (C=O) groups is 1. The summed E-state index contributed by atoms with van der Waals surface area (Å²) in [6, 6.07) is 0. The van der Waals surface area contributed by atoms with E-state index in [4.69, 9.17) is 0 Å². The largest absolute Gasteiger partial charge is 0.305 e. The highest BCUT2D eigenvalue weighted by Gasteiger charge is 2.48. The van der Waals surface area contributed by atoms with Crippen molar-refractivity contribution in [2.24, 2.45) is 10.4 Å². The van der Waals surface area contributed by atoms with Crippen LogP contribution in [0.4, 0.5) is 0 Å². The van der Waals surface area contributed by atoms with E-state index in [9.17, 15) is 4.79 Å². The van der Waals surface area contributed by atoms with Gasteiger partial charge in [-0.05, 0) is 19.3 Å². The van der Waals surface area contributed by atoms with Gasteiger partial charge in [-0.1, -0.05) is 18.7 Å². The second kappa shape index (κ2) is 3.33. The second-order valence-electron chi connectivity index (χ2n) is 3.62. The predicted octanol–water partition coefficient (Wildman–Crippen LogP) is 1.40. The lowest BCUT2D eigenvalue weighted by atomic mass is 10.0. The molecule has 3 nitrogen and oxygen atoms in total. The minimum absolute atomic E-state index is 0.0360. The summed E-state index contributed by atoms with van der Waals surface area (Å²) >= 11 is 1.64. The zero-order valence-corrected chi connectivity index (χ0v) is 8.62. The molecule has 1 fully saturated rings. The minimum Gasteiger partial charge on any atom is -0.305 e. The molecule has 0 unspecified atom stereocenters. The van der Waals surface area contributed by atoms with Crippen molar-refractivity contribution in [3.63, 3.8) is 0 Å². The van der Waals surface area contributed by atoms with E-state index in [0.717, 1.165) is 36.7 Å². The van der Waals surface area contributed by atoms with Crippen LogP contribution in [0, 0.1) is 5.41 Å². The number of amidine groups is 1. The molecule has 0 aromatic rings. The molecule has 1 N–H and O–H groups in total. The SMILES string of the molecule is CCC1(C(=O)NC2=NCCS2)CC1. The molecule has 2 rings (SSSR count). The molecule has 72 valence electrons. The lowest BCUT2D eigenvalue weighted by Crippen LogP contribution is -2.34. The van der Waals surface area contributed by atoms with Gasteiger partial charge >= 0.3 is 0 Å². The van der Waals surface area contributed by atoms with Crippen LogP contribution in [0.25, 0.3) is 0 Å². The first-order chi connectivity index (χ1) is 6.27. The van der Waals surface area contributed by atoms with E-state index in [1.807, 2.05) is 0 Å². The number of amides is 1. The Balaban J connectivity index is 1.91. The van der Waals surface area contributed by atoms with Crippen molar-refractivity contribution in [3.8, 4) is 0 Å². The van der Waals surface area contributed by atoms with Crippen molar-refractivity contribution < 1.29 is 4.79 Å². The average molecular weight is 198 g/mol.